The van der Waals surface area contributed by atoms with Crippen molar-refractivity contribution in [3.05, 3.63) is 0 Å². The van der Waals surface area contributed by atoms with Crippen molar-refractivity contribution < 1.29 is 14.6 Å². The van der Waals surface area contributed by atoms with E-state index in [1.165, 1.54) is 0 Å². The van der Waals surface area contributed by atoms with Crippen LogP contribution in [0.1, 0.15) is 32.6 Å². The number of carbonyl (C=O) groups excluding carboxylic acids is 1. The number of esters is 1. The van der Waals surface area contributed by atoms with E-state index >= 15 is 0 Å². The van der Waals surface area contributed by atoms with Crippen LogP contribution in [0.5, 0.6) is 0 Å². The zero-order valence-corrected chi connectivity index (χ0v) is 9.37. The van der Waals surface area contributed by atoms with Gasteiger partial charge in [-0.1, -0.05) is 6.42 Å². The van der Waals surface area contributed by atoms with E-state index in [4.69, 9.17) is 4.74 Å². The van der Waals surface area contributed by atoms with Gasteiger partial charge in [-0.15, -0.1) is 0 Å². The molecule has 0 aromatic heterocycles. The molecule has 4 nitrogen and oxygen atoms in total. The minimum absolute atomic E-state index is 0.145. The van der Waals surface area contributed by atoms with E-state index in [-0.39, 0.29) is 18.6 Å². The molecule has 0 radical (unpaired) electrons. The molecule has 0 spiro atoms. The minimum atomic E-state index is -0.200. The lowest BCUT2D eigenvalue weighted by Gasteiger charge is -2.25. The second-order valence-electron chi connectivity index (χ2n) is 4.12. The fourth-order valence-corrected chi connectivity index (χ4v) is 2.04. The van der Waals surface area contributed by atoms with E-state index in [0.717, 1.165) is 32.2 Å². The molecule has 0 saturated heterocycles. The normalized spacial score (nSPS) is 26.3. The molecule has 2 N–H and O–H groups in total. The van der Waals surface area contributed by atoms with E-state index in [9.17, 15) is 9.90 Å². The van der Waals surface area contributed by atoms with Gasteiger partial charge in [0.2, 0.25) is 0 Å². The molecule has 2 unspecified atom stereocenters. The predicted octanol–water partition coefficient (Wildman–Crippen LogP) is 0.690. The average Bonchev–Trinajstić information content (AvgIpc) is 2.18. The highest BCUT2D eigenvalue weighted by atomic mass is 16.5. The number of aliphatic hydroxyl groups excluding tert-OH is 1. The van der Waals surface area contributed by atoms with E-state index in [0.29, 0.717) is 12.5 Å². The molecular weight excluding hydrogens is 194 g/mol. The number of ether oxygens (including phenoxy) is 1. The summed E-state index contributed by atoms with van der Waals surface area (Å²) in [5.74, 6) is 0.303. The minimum Gasteiger partial charge on any atom is -0.465 e. The fourth-order valence-electron chi connectivity index (χ4n) is 2.04. The second-order valence-corrected chi connectivity index (χ2v) is 4.12. The number of rotatable bonds is 5. The molecule has 4 heteroatoms. The third-order valence-corrected chi connectivity index (χ3v) is 2.76. The average molecular weight is 215 g/mol. The Hall–Kier alpha value is -0.610. The van der Waals surface area contributed by atoms with Gasteiger partial charge in [0, 0.05) is 0 Å². The predicted molar refractivity (Wildman–Crippen MR) is 57.5 cm³/mol. The van der Waals surface area contributed by atoms with Gasteiger partial charge in [0.05, 0.1) is 19.3 Å². The Kier molecular flexibility index (Phi) is 5.65. The molecule has 0 aliphatic heterocycles. The quantitative estimate of drug-likeness (QED) is 0.662. The lowest BCUT2D eigenvalue weighted by molar-refractivity contribution is -0.142. The molecule has 0 aromatic carbocycles. The molecule has 1 aliphatic rings. The monoisotopic (exact) mass is 215 g/mol. The molecule has 0 amide bonds. The molecule has 1 fully saturated rings. The molecule has 2 atom stereocenters. The van der Waals surface area contributed by atoms with Crippen molar-refractivity contribution in [2.75, 3.05) is 19.7 Å². The topological polar surface area (TPSA) is 58.6 Å². The van der Waals surface area contributed by atoms with Gasteiger partial charge in [0.1, 0.15) is 0 Å². The second kappa shape index (κ2) is 6.80. The maximum absolute atomic E-state index is 11.0. The fraction of sp³-hybridized carbons (Fsp3) is 0.909. The highest BCUT2D eigenvalue weighted by Gasteiger charge is 2.19. The molecule has 1 aliphatic carbocycles. The summed E-state index contributed by atoms with van der Waals surface area (Å²) in [5.41, 5.74) is 0. The Morgan fingerprint density at radius 1 is 1.53 bits per heavy atom. The number of aliphatic hydroxyl groups is 1. The van der Waals surface area contributed by atoms with E-state index in [1.54, 1.807) is 6.92 Å². The third-order valence-electron chi connectivity index (χ3n) is 2.76. The highest BCUT2D eigenvalue weighted by Crippen LogP contribution is 2.23. The molecule has 1 saturated carbocycles. The Balaban J connectivity index is 2.06. The van der Waals surface area contributed by atoms with Crippen LogP contribution in [0, 0.1) is 5.92 Å². The standard InChI is InChI=1S/C11H21NO3/c1-2-15-11(14)8-12-7-9-4-3-5-10(13)6-9/h9-10,12-13H,2-8H2,1H3. The van der Waals surface area contributed by atoms with Crippen LogP contribution >= 0.6 is 0 Å². The van der Waals surface area contributed by atoms with Crippen molar-refractivity contribution in [1.82, 2.24) is 5.32 Å². The summed E-state index contributed by atoms with van der Waals surface area (Å²) in [6, 6.07) is 0. The van der Waals surface area contributed by atoms with E-state index in [1.807, 2.05) is 0 Å². The molecule has 0 aromatic rings. The lowest BCUT2D eigenvalue weighted by atomic mass is 9.87. The number of hydrogen-bond donors (Lipinski definition) is 2. The van der Waals surface area contributed by atoms with E-state index in [2.05, 4.69) is 5.32 Å². The number of hydrogen-bond acceptors (Lipinski definition) is 4. The van der Waals surface area contributed by atoms with Crippen LogP contribution < -0.4 is 5.32 Å². The maximum Gasteiger partial charge on any atom is 0.319 e. The van der Waals surface area contributed by atoms with Gasteiger partial charge in [0.15, 0.2) is 0 Å². The molecule has 0 bridgehead atoms. The Morgan fingerprint density at radius 2 is 2.33 bits per heavy atom. The molecule has 0 heterocycles. The van der Waals surface area contributed by atoms with Gasteiger partial charge >= 0.3 is 5.97 Å². The van der Waals surface area contributed by atoms with Crippen molar-refractivity contribution >= 4 is 5.97 Å². The van der Waals surface area contributed by atoms with Crippen LogP contribution in [0.3, 0.4) is 0 Å². The zero-order valence-electron chi connectivity index (χ0n) is 9.37. The van der Waals surface area contributed by atoms with Gasteiger partial charge in [-0.2, -0.15) is 0 Å². The first kappa shape index (κ1) is 12.5. The first-order chi connectivity index (χ1) is 7.22. The SMILES string of the molecule is CCOC(=O)CNCC1CCCC(O)C1. The van der Waals surface area contributed by atoms with Crippen molar-refractivity contribution in [3.63, 3.8) is 0 Å². The van der Waals surface area contributed by atoms with Crippen LogP contribution in [0.4, 0.5) is 0 Å². The molecule has 88 valence electrons. The summed E-state index contributed by atoms with van der Waals surface area (Å²) >= 11 is 0. The summed E-state index contributed by atoms with van der Waals surface area (Å²) in [5, 5.41) is 12.5. The van der Waals surface area contributed by atoms with Crippen molar-refractivity contribution in [2.45, 2.75) is 38.7 Å². The van der Waals surface area contributed by atoms with Crippen LogP contribution in [-0.4, -0.2) is 36.9 Å². The summed E-state index contributed by atoms with van der Waals surface area (Å²) in [7, 11) is 0. The Bertz CT molecular complexity index is 196. The van der Waals surface area contributed by atoms with Crippen LogP contribution in [0.25, 0.3) is 0 Å². The van der Waals surface area contributed by atoms with Crippen LogP contribution in [-0.2, 0) is 9.53 Å². The maximum atomic E-state index is 11.0. The first-order valence-electron chi connectivity index (χ1n) is 5.76. The van der Waals surface area contributed by atoms with Gasteiger partial charge in [-0.25, -0.2) is 0 Å². The Labute approximate surface area is 91.0 Å². The smallest absolute Gasteiger partial charge is 0.319 e. The molecular formula is C11H21NO3. The van der Waals surface area contributed by atoms with Crippen molar-refractivity contribution in [3.8, 4) is 0 Å². The largest absolute Gasteiger partial charge is 0.465 e. The number of nitrogens with one attached hydrogen (secondary N) is 1. The summed E-state index contributed by atoms with van der Waals surface area (Å²) in [4.78, 5) is 11.0. The van der Waals surface area contributed by atoms with Crippen LogP contribution in [0.15, 0.2) is 0 Å². The summed E-state index contributed by atoms with van der Waals surface area (Å²) < 4.78 is 4.80. The van der Waals surface area contributed by atoms with Gasteiger partial charge < -0.3 is 15.2 Å². The number of carbonyl (C=O) groups is 1. The Morgan fingerprint density at radius 3 is 3.00 bits per heavy atom. The molecule has 15 heavy (non-hydrogen) atoms. The van der Waals surface area contributed by atoms with Gasteiger partial charge in [-0.05, 0) is 38.6 Å². The highest BCUT2D eigenvalue weighted by molar-refractivity contribution is 5.71. The lowest BCUT2D eigenvalue weighted by Crippen LogP contribution is -2.32. The van der Waals surface area contributed by atoms with Crippen LogP contribution in [0.2, 0.25) is 0 Å². The van der Waals surface area contributed by atoms with Crippen molar-refractivity contribution in [2.24, 2.45) is 5.92 Å². The van der Waals surface area contributed by atoms with E-state index < -0.39 is 0 Å². The molecule has 1 rings (SSSR count). The van der Waals surface area contributed by atoms with Gasteiger partial charge in [0.25, 0.3) is 0 Å². The first-order valence-corrected chi connectivity index (χ1v) is 5.76. The van der Waals surface area contributed by atoms with Crippen molar-refractivity contribution in [1.29, 1.82) is 0 Å². The third kappa shape index (κ3) is 5.14. The zero-order chi connectivity index (χ0) is 11.1. The summed E-state index contributed by atoms with van der Waals surface area (Å²) in [6.07, 6.45) is 3.87. The van der Waals surface area contributed by atoms with Gasteiger partial charge in [-0.3, -0.25) is 4.79 Å². The summed E-state index contributed by atoms with van der Waals surface area (Å²) in [6.45, 7) is 3.31.